The molecule has 8 heteroatoms. The molecule has 0 aliphatic carbocycles. The van der Waals surface area contributed by atoms with Crippen molar-refractivity contribution in [1.82, 2.24) is 10.6 Å². The molecule has 0 saturated carbocycles. The van der Waals surface area contributed by atoms with Crippen LogP contribution in [-0.2, 0) is 19.7 Å². The number of halogens is 2. The first kappa shape index (κ1) is 20.3. The minimum atomic E-state index is -0.375. The van der Waals surface area contributed by atoms with Crippen molar-refractivity contribution in [3.05, 3.63) is 35.6 Å². The predicted octanol–water partition coefficient (Wildman–Crippen LogP) is 0.487. The number of hydrogen-bond acceptors (Lipinski definition) is 4. The van der Waals surface area contributed by atoms with E-state index in [1.165, 1.54) is 12.1 Å². The van der Waals surface area contributed by atoms with Crippen molar-refractivity contribution < 1.29 is 18.7 Å². The number of carbonyl (C=O) groups excluding carboxylic acids is 2. The van der Waals surface area contributed by atoms with Crippen LogP contribution in [-0.4, -0.2) is 44.7 Å². The van der Waals surface area contributed by atoms with Crippen LogP contribution in [0.15, 0.2) is 24.3 Å². The number of carbonyl (C=O) groups is 2. The maximum absolute atomic E-state index is 13.2. The van der Waals surface area contributed by atoms with E-state index in [1.54, 1.807) is 12.1 Å². The molecular weight excluding hydrogens is 337 g/mol. The number of benzene rings is 1. The van der Waals surface area contributed by atoms with Crippen molar-refractivity contribution in [3.8, 4) is 0 Å². The Morgan fingerprint density at radius 2 is 1.75 bits per heavy atom. The summed E-state index contributed by atoms with van der Waals surface area (Å²) < 4.78 is 18.6. The maximum atomic E-state index is 13.2. The Morgan fingerprint density at radius 3 is 2.33 bits per heavy atom. The van der Waals surface area contributed by atoms with Gasteiger partial charge in [-0.05, 0) is 30.5 Å². The molecule has 0 radical (unpaired) electrons. The summed E-state index contributed by atoms with van der Waals surface area (Å²) in [5.74, 6) is -0.941. The van der Waals surface area contributed by atoms with Gasteiger partial charge in [0.25, 0.3) is 0 Å². The van der Waals surface area contributed by atoms with E-state index < -0.39 is 0 Å². The zero-order valence-electron chi connectivity index (χ0n) is 13.3. The second-order valence-electron chi connectivity index (χ2n) is 5.66. The summed E-state index contributed by atoms with van der Waals surface area (Å²) in [7, 11) is 0. The van der Waals surface area contributed by atoms with Crippen LogP contribution in [0, 0.1) is 5.82 Å². The molecule has 1 aliphatic rings. The van der Waals surface area contributed by atoms with E-state index in [-0.39, 0.29) is 48.5 Å². The lowest BCUT2D eigenvalue weighted by Crippen LogP contribution is -2.47. The van der Waals surface area contributed by atoms with E-state index in [0.717, 1.165) is 18.4 Å². The highest BCUT2D eigenvalue weighted by Gasteiger charge is 2.34. The summed E-state index contributed by atoms with van der Waals surface area (Å²) in [5, 5.41) is 5.27. The molecule has 1 aromatic rings. The van der Waals surface area contributed by atoms with Crippen LogP contribution < -0.4 is 16.4 Å². The van der Waals surface area contributed by atoms with Gasteiger partial charge in [0.15, 0.2) is 0 Å². The highest BCUT2D eigenvalue weighted by molar-refractivity contribution is 5.85. The molecule has 1 fully saturated rings. The van der Waals surface area contributed by atoms with Crippen LogP contribution >= 0.6 is 12.4 Å². The summed E-state index contributed by atoms with van der Waals surface area (Å²) in [6.45, 7) is 1.35. The van der Waals surface area contributed by atoms with Crippen LogP contribution in [0.5, 0.6) is 0 Å². The molecule has 0 atom stereocenters. The smallest absolute Gasteiger partial charge is 0.239 e. The summed E-state index contributed by atoms with van der Waals surface area (Å²) in [6, 6.07) is 6.36. The fourth-order valence-electron chi connectivity index (χ4n) is 2.71. The van der Waals surface area contributed by atoms with E-state index >= 15 is 0 Å². The zero-order valence-corrected chi connectivity index (χ0v) is 14.2. The summed E-state index contributed by atoms with van der Waals surface area (Å²) in [6.07, 6.45) is 1.49. The summed E-state index contributed by atoms with van der Waals surface area (Å²) >= 11 is 0. The van der Waals surface area contributed by atoms with Gasteiger partial charge in [-0.15, -0.1) is 12.4 Å². The van der Waals surface area contributed by atoms with Gasteiger partial charge in [0, 0.05) is 25.2 Å². The number of amides is 2. The Morgan fingerprint density at radius 1 is 1.12 bits per heavy atom. The van der Waals surface area contributed by atoms with Gasteiger partial charge in [0.05, 0.1) is 13.1 Å². The fourth-order valence-corrected chi connectivity index (χ4v) is 2.71. The molecule has 0 spiro atoms. The van der Waals surface area contributed by atoms with Gasteiger partial charge < -0.3 is 21.1 Å². The Balaban J connectivity index is 0.00000288. The van der Waals surface area contributed by atoms with Crippen molar-refractivity contribution >= 4 is 24.2 Å². The number of nitrogens with one attached hydrogen (secondary N) is 2. The molecule has 1 saturated heterocycles. The number of ether oxygens (including phenoxy) is 1. The SMILES string of the molecule is Cl.NCC(=O)NCC(=O)NCC1(c2ccc(F)cc2)CCOCC1. The topological polar surface area (TPSA) is 93.5 Å². The lowest BCUT2D eigenvalue weighted by molar-refractivity contribution is -0.125. The largest absolute Gasteiger partial charge is 0.381 e. The highest BCUT2D eigenvalue weighted by atomic mass is 35.5. The van der Waals surface area contributed by atoms with Crippen LogP contribution in [0.1, 0.15) is 18.4 Å². The zero-order chi connectivity index (χ0) is 16.7. The van der Waals surface area contributed by atoms with Crippen LogP contribution in [0.25, 0.3) is 0 Å². The number of nitrogens with two attached hydrogens (primary N) is 1. The van der Waals surface area contributed by atoms with Crippen LogP contribution in [0.2, 0.25) is 0 Å². The second kappa shape index (κ2) is 9.56. The van der Waals surface area contributed by atoms with E-state index in [0.29, 0.717) is 19.8 Å². The first-order chi connectivity index (χ1) is 11.1. The average Bonchev–Trinajstić information content (AvgIpc) is 2.59. The first-order valence-corrected chi connectivity index (χ1v) is 7.63. The number of rotatable bonds is 6. The fraction of sp³-hybridized carbons (Fsp3) is 0.500. The predicted molar refractivity (Wildman–Crippen MR) is 90.5 cm³/mol. The molecule has 0 bridgehead atoms. The van der Waals surface area contributed by atoms with Gasteiger partial charge in [-0.25, -0.2) is 4.39 Å². The maximum Gasteiger partial charge on any atom is 0.239 e. The molecule has 0 unspecified atom stereocenters. The van der Waals surface area contributed by atoms with Crippen LogP contribution in [0.3, 0.4) is 0 Å². The molecule has 1 heterocycles. The molecule has 24 heavy (non-hydrogen) atoms. The van der Waals surface area contributed by atoms with E-state index in [2.05, 4.69) is 10.6 Å². The first-order valence-electron chi connectivity index (χ1n) is 7.63. The number of hydrogen-bond donors (Lipinski definition) is 3. The third kappa shape index (κ3) is 5.43. The molecule has 6 nitrogen and oxygen atoms in total. The minimum absolute atomic E-state index is 0. The molecule has 2 rings (SSSR count). The lowest BCUT2D eigenvalue weighted by atomic mass is 9.74. The summed E-state index contributed by atoms with van der Waals surface area (Å²) in [4.78, 5) is 22.9. The normalized spacial score (nSPS) is 15.9. The molecule has 4 N–H and O–H groups in total. The second-order valence-corrected chi connectivity index (χ2v) is 5.66. The molecule has 2 amide bonds. The lowest BCUT2D eigenvalue weighted by Gasteiger charge is -2.38. The highest BCUT2D eigenvalue weighted by Crippen LogP contribution is 2.34. The van der Waals surface area contributed by atoms with Crippen molar-refractivity contribution in [2.75, 3.05) is 32.8 Å². The Labute approximate surface area is 146 Å². The standard InChI is InChI=1S/C16H22FN3O3.ClH/c17-13-3-1-12(2-4-13)16(5-7-23-8-6-16)11-20-15(22)10-19-14(21)9-18;/h1-4H,5-11,18H2,(H,19,21)(H,20,22);1H. The van der Waals surface area contributed by atoms with Crippen molar-refractivity contribution in [3.63, 3.8) is 0 Å². The Hall–Kier alpha value is -1.70. The average molecular weight is 360 g/mol. The Kier molecular flexibility index (Phi) is 8.10. The van der Waals surface area contributed by atoms with Gasteiger partial charge in [-0.1, -0.05) is 12.1 Å². The third-order valence-electron chi connectivity index (χ3n) is 4.16. The molecule has 1 aromatic carbocycles. The van der Waals surface area contributed by atoms with Gasteiger partial charge in [0.1, 0.15) is 5.82 Å². The minimum Gasteiger partial charge on any atom is -0.381 e. The molecule has 0 aromatic heterocycles. The van der Waals surface area contributed by atoms with Crippen molar-refractivity contribution in [2.24, 2.45) is 5.73 Å². The van der Waals surface area contributed by atoms with Gasteiger partial charge in [-0.3, -0.25) is 9.59 Å². The van der Waals surface area contributed by atoms with E-state index in [4.69, 9.17) is 10.5 Å². The molecule has 134 valence electrons. The van der Waals surface area contributed by atoms with Crippen molar-refractivity contribution in [2.45, 2.75) is 18.3 Å². The van der Waals surface area contributed by atoms with Gasteiger partial charge in [0.2, 0.25) is 11.8 Å². The monoisotopic (exact) mass is 359 g/mol. The molecular formula is C16H23ClFN3O3. The van der Waals surface area contributed by atoms with Crippen molar-refractivity contribution in [1.29, 1.82) is 0 Å². The van der Waals surface area contributed by atoms with Gasteiger partial charge >= 0.3 is 0 Å². The quantitative estimate of drug-likeness (QED) is 0.689. The van der Waals surface area contributed by atoms with E-state index in [9.17, 15) is 14.0 Å². The molecule has 1 aliphatic heterocycles. The Bertz CT molecular complexity index is 548. The third-order valence-corrected chi connectivity index (χ3v) is 4.16. The summed E-state index contributed by atoms with van der Waals surface area (Å²) in [5.41, 5.74) is 5.87. The van der Waals surface area contributed by atoms with Gasteiger partial charge in [-0.2, -0.15) is 0 Å². The van der Waals surface area contributed by atoms with Crippen LogP contribution in [0.4, 0.5) is 4.39 Å². The van der Waals surface area contributed by atoms with E-state index in [1.807, 2.05) is 0 Å².